The SMILES string of the molecule is COc1ccc(CC(C)(O)c2ccsc2-c2cccs2)cc1OC. The average molecular weight is 361 g/mol. The zero-order chi connectivity index (χ0) is 17.2. The highest BCUT2D eigenvalue weighted by Gasteiger charge is 2.28. The van der Waals surface area contributed by atoms with Crippen LogP contribution in [0, 0.1) is 0 Å². The summed E-state index contributed by atoms with van der Waals surface area (Å²) in [5.74, 6) is 1.37. The molecule has 1 atom stereocenters. The van der Waals surface area contributed by atoms with Crippen LogP contribution in [0.1, 0.15) is 18.1 Å². The Morgan fingerprint density at radius 1 is 1.00 bits per heavy atom. The van der Waals surface area contributed by atoms with Gasteiger partial charge in [0, 0.05) is 16.9 Å². The van der Waals surface area contributed by atoms with E-state index < -0.39 is 5.60 Å². The van der Waals surface area contributed by atoms with Crippen molar-refractivity contribution in [1.82, 2.24) is 0 Å². The summed E-state index contributed by atoms with van der Waals surface area (Å²) in [6.07, 6.45) is 0.502. The molecule has 1 aromatic carbocycles. The number of hydrogen-bond donors (Lipinski definition) is 1. The molecule has 3 nitrogen and oxygen atoms in total. The molecule has 24 heavy (non-hydrogen) atoms. The van der Waals surface area contributed by atoms with E-state index in [1.54, 1.807) is 36.9 Å². The van der Waals surface area contributed by atoms with Crippen molar-refractivity contribution in [3.05, 3.63) is 58.3 Å². The molecule has 0 bridgehead atoms. The molecule has 0 saturated carbocycles. The standard InChI is InChI=1S/C19H20O3S2/c1-19(20,12-13-6-7-15(21-2)16(11-13)22-3)14-8-10-24-18(14)17-5-4-9-23-17/h4-11,20H,12H2,1-3H3. The van der Waals surface area contributed by atoms with E-state index in [4.69, 9.17) is 9.47 Å². The average Bonchev–Trinajstić information content (AvgIpc) is 3.25. The van der Waals surface area contributed by atoms with Gasteiger partial charge < -0.3 is 14.6 Å². The zero-order valence-electron chi connectivity index (χ0n) is 13.9. The first kappa shape index (κ1) is 17.0. The Morgan fingerprint density at radius 3 is 2.46 bits per heavy atom. The van der Waals surface area contributed by atoms with Crippen LogP contribution in [0.3, 0.4) is 0 Å². The summed E-state index contributed by atoms with van der Waals surface area (Å²) in [6.45, 7) is 1.86. The lowest BCUT2D eigenvalue weighted by atomic mass is 9.89. The van der Waals surface area contributed by atoms with Gasteiger partial charge in [-0.15, -0.1) is 22.7 Å². The molecule has 2 heterocycles. The van der Waals surface area contributed by atoms with E-state index >= 15 is 0 Å². The van der Waals surface area contributed by atoms with Crippen LogP contribution in [0.2, 0.25) is 0 Å². The second-order valence-corrected chi connectivity index (χ2v) is 7.64. The number of benzene rings is 1. The Labute approximate surface area is 150 Å². The molecule has 0 spiro atoms. The summed E-state index contributed by atoms with van der Waals surface area (Å²) in [6, 6.07) is 11.9. The minimum absolute atomic E-state index is 0.502. The van der Waals surface area contributed by atoms with Crippen molar-refractivity contribution in [2.24, 2.45) is 0 Å². The molecule has 0 aliphatic rings. The largest absolute Gasteiger partial charge is 0.493 e. The molecule has 3 aromatic rings. The molecule has 0 radical (unpaired) electrons. The Balaban J connectivity index is 1.91. The topological polar surface area (TPSA) is 38.7 Å². The highest BCUT2D eigenvalue weighted by atomic mass is 32.1. The van der Waals surface area contributed by atoms with Gasteiger partial charge in [0.25, 0.3) is 0 Å². The third-order valence-electron chi connectivity index (χ3n) is 3.99. The third kappa shape index (κ3) is 3.34. The Hall–Kier alpha value is -1.82. The molecule has 1 N–H and O–H groups in total. The van der Waals surface area contributed by atoms with Crippen LogP contribution in [-0.2, 0) is 12.0 Å². The molecular weight excluding hydrogens is 340 g/mol. The molecule has 5 heteroatoms. The highest BCUT2D eigenvalue weighted by Crippen LogP contribution is 2.40. The zero-order valence-corrected chi connectivity index (χ0v) is 15.5. The summed E-state index contributed by atoms with van der Waals surface area (Å²) < 4.78 is 10.6. The molecule has 1 unspecified atom stereocenters. The number of rotatable bonds is 6. The van der Waals surface area contributed by atoms with Gasteiger partial charge in [0.15, 0.2) is 11.5 Å². The van der Waals surface area contributed by atoms with E-state index in [1.807, 2.05) is 42.6 Å². The second kappa shape index (κ2) is 6.97. The fourth-order valence-electron chi connectivity index (χ4n) is 2.82. The van der Waals surface area contributed by atoms with Crippen LogP contribution >= 0.6 is 22.7 Å². The normalized spacial score (nSPS) is 13.5. The molecule has 0 aliphatic heterocycles. The fraction of sp³-hybridized carbons (Fsp3) is 0.263. The molecule has 0 fully saturated rings. The van der Waals surface area contributed by atoms with E-state index in [-0.39, 0.29) is 0 Å². The lowest BCUT2D eigenvalue weighted by molar-refractivity contribution is 0.0586. The first-order valence-electron chi connectivity index (χ1n) is 7.60. The molecule has 0 saturated heterocycles. The smallest absolute Gasteiger partial charge is 0.160 e. The number of hydrogen-bond acceptors (Lipinski definition) is 5. The van der Waals surface area contributed by atoms with E-state index in [9.17, 15) is 5.11 Å². The maximum absolute atomic E-state index is 11.1. The van der Waals surface area contributed by atoms with Crippen LogP contribution in [-0.4, -0.2) is 19.3 Å². The van der Waals surface area contributed by atoms with Gasteiger partial charge in [0.05, 0.1) is 24.7 Å². The second-order valence-electron chi connectivity index (χ2n) is 5.78. The van der Waals surface area contributed by atoms with Crippen LogP contribution in [0.15, 0.2) is 47.2 Å². The van der Waals surface area contributed by atoms with Crippen molar-refractivity contribution >= 4 is 22.7 Å². The molecular formula is C19H20O3S2. The van der Waals surface area contributed by atoms with Crippen molar-refractivity contribution in [3.8, 4) is 21.3 Å². The number of aliphatic hydroxyl groups is 1. The molecule has 2 aromatic heterocycles. The third-order valence-corrected chi connectivity index (χ3v) is 5.95. The summed E-state index contributed by atoms with van der Waals surface area (Å²) in [5.41, 5.74) is 1.00. The monoisotopic (exact) mass is 360 g/mol. The first-order valence-corrected chi connectivity index (χ1v) is 9.36. The molecule has 0 aliphatic carbocycles. The first-order chi connectivity index (χ1) is 11.5. The van der Waals surface area contributed by atoms with Gasteiger partial charge in [0.1, 0.15) is 0 Å². The van der Waals surface area contributed by atoms with Crippen LogP contribution in [0.25, 0.3) is 9.75 Å². The van der Waals surface area contributed by atoms with Gasteiger partial charge in [-0.3, -0.25) is 0 Å². The minimum atomic E-state index is -0.959. The van der Waals surface area contributed by atoms with Crippen LogP contribution in [0.4, 0.5) is 0 Å². The quantitative estimate of drug-likeness (QED) is 0.676. The highest BCUT2D eigenvalue weighted by molar-refractivity contribution is 7.20. The molecule has 0 amide bonds. The Bertz CT molecular complexity index is 804. The van der Waals surface area contributed by atoms with Crippen molar-refractivity contribution < 1.29 is 14.6 Å². The summed E-state index contributed by atoms with van der Waals surface area (Å²) in [5, 5.41) is 15.2. The van der Waals surface area contributed by atoms with E-state index in [0.717, 1.165) is 16.0 Å². The lowest BCUT2D eigenvalue weighted by Crippen LogP contribution is -2.24. The lowest BCUT2D eigenvalue weighted by Gasteiger charge is -2.24. The maximum Gasteiger partial charge on any atom is 0.160 e. The summed E-state index contributed by atoms with van der Waals surface area (Å²) in [4.78, 5) is 2.32. The van der Waals surface area contributed by atoms with Gasteiger partial charge in [-0.25, -0.2) is 0 Å². The van der Waals surface area contributed by atoms with E-state index in [0.29, 0.717) is 17.9 Å². The van der Waals surface area contributed by atoms with Gasteiger partial charge in [-0.05, 0) is 47.5 Å². The van der Waals surface area contributed by atoms with Gasteiger partial charge in [-0.1, -0.05) is 12.1 Å². The summed E-state index contributed by atoms with van der Waals surface area (Å²) >= 11 is 3.36. The van der Waals surface area contributed by atoms with Crippen molar-refractivity contribution in [2.45, 2.75) is 18.9 Å². The minimum Gasteiger partial charge on any atom is -0.493 e. The molecule has 126 valence electrons. The van der Waals surface area contributed by atoms with Crippen molar-refractivity contribution in [2.75, 3.05) is 14.2 Å². The summed E-state index contributed by atoms with van der Waals surface area (Å²) in [7, 11) is 3.24. The maximum atomic E-state index is 11.1. The van der Waals surface area contributed by atoms with Crippen molar-refractivity contribution in [1.29, 1.82) is 0 Å². The van der Waals surface area contributed by atoms with Crippen LogP contribution in [0.5, 0.6) is 11.5 Å². The Kier molecular flexibility index (Phi) is 4.94. The number of ether oxygens (including phenoxy) is 2. The van der Waals surface area contributed by atoms with E-state index in [1.165, 1.54) is 4.88 Å². The Morgan fingerprint density at radius 2 is 1.79 bits per heavy atom. The van der Waals surface area contributed by atoms with Crippen LogP contribution < -0.4 is 9.47 Å². The fourth-order valence-corrected chi connectivity index (χ4v) is 4.72. The van der Waals surface area contributed by atoms with Gasteiger partial charge >= 0.3 is 0 Å². The van der Waals surface area contributed by atoms with E-state index in [2.05, 4.69) is 11.4 Å². The number of thiophene rings is 2. The number of methoxy groups -OCH3 is 2. The van der Waals surface area contributed by atoms with Gasteiger partial charge in [-0.2, -0.15) is 0 Å². The predicted octanol–water partition coefficient (Wildman–Crippen LogP) is 4.94. The van der Waals surface area contributed by atoms with Gasteiger partial charge in [0.2, 0.25) is 0 Å². The predicted molar refractivity (Wildman–Crippen MR) is 100 cm³/mol. The molecule has 3 rings (SSSR count). The van der Waals surface area contributed by atoms with Crippen molar-refractivity contribution in [3.63, 3.8) is 0 Å².